The van der Waals surface area contributed by atoms with Crippen molar-refractivity contribution in [1.29, 1.82) is 0 Å². The van der Waals surface area contributed by atoms with Crippen molar-refractivity contribution in [3.63, 3.8) is 0 Å². The Labute approximate surface area is 86.8 Å². The van der Waals surface area contributed by atoms with Gasteiger partial charge in [0.05, 0.1) is 6.61 Å². The molecule has 15 heavy (non-hydrogen) atoms. The monoisotopic (exact) mass is 215 g/mol. The van der Waals surface area contributed by atoms with Gasteiger partial charge in [-0.05, 0) is 6.92 Å². The molecule has 0 bridgehead atoms. The second kappa shape index (κ2) is 5.47. The second-order valence-corrected chi connectivity index (χ2v) is 2.76. The Morgan fingerprint density at radius 2 is 2.27 bits per heavy atom. The molecule has 1 heterocycles. The topological polar surface area (TPSA) is 81.8 Å². The zero-order valence-electron chi connectivity index (χ0n) is 8.65. The molecule has 1 aromatic heterocycles. The van der Waals surface area contributed by atoms with Crippen molar-refractivity contribution in [2.75, 3.05) is 13.7 Å². The summed E-state index contributed by atoms with van der Waals surface area (Å²) in [6.07, 6.45) is 0. The van der Waals surface area contributed by atoms with E-state index in [9.17, 15) is 4.79 Å². The van der Waals surface area contributed by atoms with Crippen LogP contribution in [0.3, 0.4) is 0 Å². The maximum absolute atomic E-state index is 10.8. The molecule has 0 saturated heterocycles. The highest BCUT2D eigenvalue weighted by Gasteiger charge is 2.19. The summed E-state index contributed by atoms with van der Waals surface area (Å²) in [7, 11) is 1.46. The molecule has 0 aliphatic carbocycles. The van der Waals surface area contributed by atoms with Gasteiger partial charge < -0.3 is 19.0 Å². The van der Waals surface area contributed by atoms with Gasteiger partial charge in [0.1, 0.15) is 12.3 Å². The largest absolute Gasteiger partial charge is 0.475 e. The predicted molar refractivity (Wildman–Crippen MR) is 49.5 cm³/mol. The van der Waals surface area contributed by atoms with Crippen LogP contribution in [0.1, 0.15) is 29.1 Å². The molecule has 84 valence electrons. The Morgan fingerprint density at radius 1 is 1.53 bits per heavy atom. The van der Waals surface area contributed by atoms with Crippen molar-refractivity contribution in [2.45, 2.75) is 20.1 Å². The van der Waals surface area contributed by atoms with E-state index >= 15 is 0 Å². The summed E-state index contributed by atoms with van der Waals surface area (Å²) in [6.45, 7) is 2.62. The molecule has 6 heteroatoms. The number of methoxy groups -OCH3 is 1. The van der Waals surface area contributed by atoms with Crippen LogP contribution < -0.4 is 0 Å². The van der Waals surface area contributed by atoms with Crippen molar-refractivity contribution in [3.8, 4) is 0 Å². The molecule has 0 radical (unpaired) electrons. The summed E-state index contributed by atoms with van der Waals surface area (Å²) >= 11 is 0. The first-order chi connectivity index (χ1) is 7.19. The maximum Gasteiger partial charge on any atom is 0.373 e. The molecule has 0 spiro atoms. The minimum Gasteiger partial charge on any atom is -0.475 e. The molecule has 0 saturated carbocycles. The molecule has 0 unspecified atom stereocenters. The van der Waals surface area contributed by atoms with Crippen LogP contribution >= 0.6 is 0 Å². The molecule has 0 aliphatic heterocycles. The Balaban J connectivity index is 2.83. The second-order valence-electron chi connectivity index (χ2n) is 2.76. The zero-order valence-corrected chi connectivity index (χ0v) is 8.65. The lowest BCUT2D eigenvalue weighted by atomic mass is 10.3. The Bertz CT molecular complexity index is 333. The van der Waals surface area contributed by atoms with E-state index in [2.05, 4.69) is 4.98 Å². The lowest BCUT2D eigenvalue weighted by Gasteiger charge is -1.93. The molecule has 0 aliphatic rings. The zero-order chi connectivity index (χ0) is 11.3. The number of carboxylic acid groups (broad SMARTS) is 1. The first kappa shape index (κ1) is 11.7. The van der Waals surface area contributed by atoms with E-state index in [0.29, 0.717) is 6.61 Å². The highest BCUT2D eigenvalue weighted by atomic mass is 16.5. The molecular weight excluding hydrogens is 202 g/mol. The van der Waals surface area contributed by atoms with Gasteiger partial charge in [0, 0.05) is 13.7 Å². The van der Waals surface area contributed by atoms with Crippen molar-refractivity contribution < 1.29 is 23.8 Å². The van der Waals surface area contributed by atoms with Crippen molar-refractivity contribution >= 4 is 5.97 Å². The fourth-order valence-corrected chi connectivity index (χ4v) is 1.05. The van der Waals surface area contributed by atoms with E-state index in [-0.39, 0.29) is 30.6 Å². The van der Waals surface area contributed by atoms with Crippen molar-refractivity contribution in [3.05, 3.63) is 17.3 Å². The SMILES string of the molecule is CCOCc1nc(COC)c(C(=O)O)o1. The quantitative estimate of drug-likeness (QED) is 0.763. The first-order valence-electron chi connectivity index (χ1n) is 4.47. The summed E-state index contributed by atoms with van der Waals surface area (Å²) in [5.41, 5.74) is 0.278. The highest BCUT2D eigenvalue weighted by molar-refractivity contribution is 5.85. The predicted octanol–water partition coefficient (Wildman–Crippen LogP) is 1.06. The molecular formula is C9H13NO5. The van der Waals surface area contributed by atoms with Gasteiger partial charge in [0.25, 0.3) is 0 Å². The smallest absolute Gasteiger partial charge is 0.373 e. The van der Waals surface area contributed by atoms with E-state index in [0.717, 1.165) is 0 Å². The van der Waals surface area contributed by atoms with Gasteiger partial charge in [-0.3, -0.25) is 0 Å². The Morgan fingerprint density at radius 3 is 2.80 bits per heavy atom. The number of hydrogen-bond donors (Lipinski definition) is 1. The van der Waals surface area contributed by atoms with Gasteiger partial charge >= 0.3 is 5.97 Å². The number of ether oxygens (including phenoxy) is 2. The summed E-state index contributed by atoms with van der Waals surface area (Å²) in [6, 6.07) is 0. The molecule has 0 atom stereocenters. The lowest BCUT2D eigenvalue weighted by molar-refractivity contribution is 0.0643. The molecule has 0 fully saturated rings. The number of carbonyl (C=O) groups is 1. The number of aromatic nitrogens is 1. The van der Waals surface area contributed by atoms with Gasteiger partial charge in [-0.25, -0.2) is 9.78 Å². The van der Waals surface area contributed by atoms with Gasteiger partial charge in [-0.1, -0.05) is 0 Å². The normalized spacial score (nSPS) is 10.5. The molecule has 0 amide bonds. The minimum absolute atomic E-state index is 0.108. The van der Waals surface area contributed by atoms with Gasteiger partial charge in [-0.2, -0.15) is 0 Å². The molecule has 1 aromatic rings. The number of nitrogens with zero attached hydrogens (tertiary/aromatic N) is 1. The standard InChI is InChI=1S/C9H13NO5/c1-3-14-5-7-10-6(4-13-2)8(15-7)9(11)12/h3-5H2,1-2H3,(H,11,12). The first-order valence-corrected chi connectivity index (χ1v) is 4.47. The van der Waals surface area contributed by atoms with E-state index in [1.165, 1.54) is 7.11 Å². The highest BCUT2D eigenvalue weighted by Crippen LogP contribution is 2.13. The summed E-state index contributed by atoms with van der Waals surface area (Å²) in [4.78, 5) is 14.7. The Hall–Kier alpha value is -1.40. The summed E-state index contributed by atoms with van der Waals surface area (Å²) < 4.78 is 14.9. The van der Waals surface area contributed by atoms with Crippen LogP contribution in [0.4, 0.5) is 0 Å². The lowest BCUT2D eigenvalue weighted by Crippen LogP contribution is -2.00. The molecule has 1 rings (SSSR count). The number of rotatable bonds is 6. The fourth-order valence-electron chi connectivity index (χ4n) is 1.05. The van der Waals surface area contributed by atoms with Gasteiger partial charge in [0.15, 0.2) is 0 Å². The van der Waals surface area contributed by atoms with Crippen LogP contribution in [-0.4, -0.2) is 29.8 Å². The van der Waals surface area contributed by atoms with Crippen molar-refractivity contribution in [1.82, 2.24) is 4.98 Å². The number of oxazole rings is 1. The van der Waals surface area contributed by atoms with E-state index in [1.54, 1.807) is 0 Å². The average molecular weight is 215 g/mol. The van der Waals surface area contributed by atoms with Crippen molar-refractivity contribution in [2.24, 2.45) is 0 Å². The Kier molecular flexibility index (Phi) is 4.26. The fraction of sp³-hybridized carbons (Fsp3) is 0.556. The van der Waals surface area contributed by atoms with Crippen LogP contribution in [0.15, 0.2) is 4.42 Å². The summed E-state index contributed by atoms with van der Waals surface area (Å²) in [5, 5.41) is 8.80. The molecule has 0 aromatic carbocycles. The number of carboxylic acids is 1. The number of aromatic carboxylic acids is 1. The van der Waals surface area contributed by atoms with Crippen LogP contribution in [0.2, 0.25) is 0 Å². The summed E-state index contributed by atoms with van der Waals surface area (Å²) in [5.74, 6) is -1.09. The van der Waals surface area contributed by atoms with E-state index < -0.39 is 5.97 Å². The third-order valence-corrected chi connectivity index (χ3v) is 1.65. The molecule has 1 N–H and O–H groups in total. The molecule has 6 nitrogen and oxygen atoms in total. The van der Waals surface area contributed by atoms with Crippen LogP contribution in [0.25, 0.3) is 0 Å². The van der Waals surface area contributed by atoms with Crippen LogP contribution in [0.5, 0.6) is 0 Å². The average Bonchev–Trinajstić information content (AvgIpc) is 2.59. The van der Waals surface area contributed by atoms with E-state index in [4.69, 9.17) is 19.0 Å². The third kappa shape index (κ3) is 3.03. The third-order valence-electron chi connectivity index (χ3n) is 1.65. The number of hydrogen-bond acceptors (Lipinski definition) is 5. The van der Waals surface area contributed by atoms with Crippen LogP contribution in [-0.2, 0) is 22.7 Å². The van der Waals surface area contributed by atoms with Gasteiger partial charge in [0.2, 0.25) is 11.7 Å². The minimum atomic E-state index is -1.16. The van der Waals surface area contributed by atoms with Gasteiger partial charge in [-0.15, -0.1) is 0 Å². The van der Waals surface area contributed by atoms with Crippen LogP contribution in [0, 0.1) is 0 Å². The maximum atomic E-state index is 10.8. The van der Waals surface area contributed by atoms with E-state index in [1.807, 2.05) is 6.92 Å².